The number of benzene rings is 2. The highest BCUT2D eigenvalue weighted by atomic mass is 16.5. The number of aromatic nitrogens is 2. The molecule has 0 aliphatic rings. The van der Waals surface area contributed by atoms with Crippen LogP contribution in [0.15, 0.2) is 60.7 Å². The van der Waals surface area contributed by atoms with E-state index in [-0.39, 0.29) is 17.7 Å². The van der Waals surface area contributed by atoms with E-state index >= 15 is 0 Å². The largest absolute Gasteiger partial charge is 0.508 e. The lowest BCUT2D eigenvalue weighted by Gasteiger charge is -2.17. The second kappa shape index (κ2) is 8.31. The zero-order valence-corrected chi connectivity index (χ0v) is 14.5. The minimum absolute atomic E-state index is 0.143. The topological polar surface area (TPSA) is 87.2 Å². The van der Waals surface area contributed by atoms with Crippen LogP contribution in [0.5, 0.6) is 5.75 Å². The molecule has 0 radical (unpaired) electrons. The molecule has 0 saturated heterocycles. The van der Waals surface area contributed by atoms with E-state index in [2.05, 4.69) is 15.5 Å². The van der Waals surface area contributed by atoms with Crippen molar-refractivity contribution in [2.45, 2.75) is 12.5 Å². The van der Waals surface area contributed by atoms with Gasteiger partial charge in [0.15, 0.2) is 0 Å². The van der Waals surface area contributed by atoms with E-state index < -0.39 is 0 Å². The van der Waals surface area contributed by atoms with Gasteiger partial charge in [-0.1, -0.05) is 30.3 Å². The van der Waals surface area contributed by atoms with Gasteiger partial charge < -0.3 is 15.2 Å². The van der Waals surface area contributed by atoms with E-state index in [0.717, 1.165) is 11.1 Å². The van der Waals surface area contributed by atoms with Crippen molar-refractivity contribution in [2.24, 2.45) is 0 Å². The van der Waals surface area contributed by atoms with Crippen molar-refractivity contribution in [3.05, 3.63) is 71.9 Å². The summed E-state index contributed by atoms with van der Waals surface area (Å²) in [7, 11) is 1.61. The standard InChI is InChI=1S/C20H21N3O3/c1-26-13-16(11-14-5-3-2-4-6-14)21-20(25)19-12-18(22-23-19)15-7-9-17(24)10-8-15/h2-10,12,16,24H,11,13H2,1H3,(H,21,25)(H,22,23)/t16-/m0/s1. The number of hydrogen-bond donors (Lipinski definition) is 3. The maximum absolute atomic E-state index is 12.5. The Morgan fingerprint density at radius 3 is 2.62 bits per heavy atom. The lowest BCUT2D eigenvalue weighted by molar-refractivity contribution is 0.0892. The molecule has 2 aromatic carbocycles. The molecule has 134 valence electrons. The number of nitrogens with one attached hydrogen (secondary N) is 2. The van der Waals surface area contributed by atoms with Gasteiger partial charge in [-0.25, -0.2) is 0 Å². The second-order valence-corrected chi connectivity index (χ2v) is 6.03. The zero-order valence-electron chi connectivity index (χ0n) is 14.5. The van der Waals surface area contributed by atoms with Gasteiger partial charge in [0, 0.05) is 12.7 Å². The third-order valence-electron chi connectivity index (χ3n) is 4.01. The van der Waals surface area contributed by atoms with E-state index in [1.165, 1.54) is 0 Å². The van der Waals surface area contributed by atoms with Crippen molar-refractivity contribution < 1.29 is 14.6 Å². The predicted molar refractivity (Wildman–Crippen MR) is 99.0 cm³/mol. The van der Waals surface area contributed by atoms with E-state index in [1.807, 2.05) is 30.3 Å². The van der Waals surface area contributed by atoms with Crippen LogP contribution < -0.4 is 5.32 Å². The van der Waals surface area contributed by atoms with Crippen molar-refractivity contribution in [1.82, 2.24) is 15.5 Å². The summed E-state index contributed by atoms with van der Waals surface area (Å²) in [6.07, 6.45) is 0.680. The summed E-state index contributed by atoms with van der Waals surface area (Å²) in [6, 6.07) is 18.2. The minimum atomic E-state index is -0.236. The predicted octanol–water partition coefficient (Wildman–Crippen LogP) is 2.77. The van der Waals surface area contributed by atoms with E-state index in [0.29, 0.717) is 24.4 Å². The first-order chi connectivity index (χ1) is 12.7. The van der Waals surface area contributed by atoms with Crippen LogP contribution in [0, 0.1) is 0 Å². The lowest BCUT2D eigenvalue weighted by Crippen LogP contribution is -2.39. The molecule has 6 nitrogen and oxygen atoms in total. The van der Waals surface area contributed by atoms with E-state index in [4.69, 9.17) is 4.74 Å². The highest BCUT2D eigenvalue weighted by molar-refractivity contribution is 5.93. The van der Waals surface area contributed by atoms with Crippen molar-refractivity contribution in [3.63, 3.8) is 0 Å². The molecular formula is C20H21N3O3. The fraction of sp³-hybridized carbons (Fsp3) is 0.200. The van der Waals surface area contributed by atoms with Gasteiger partial charge in [-0.15, -0.1) is 0 Å². The van der Waals surface area contributed by atoms with Crippen LogP contribution in [0.2, 0.25) is 0 Å². The van der Waals surface area contributed by atoms with Gasteiger partial charge in [0.2, 0.25) is 0 Å². The monoisotopic (exact) mass is 351 g/mol. The summed E-state index contributed by atoms with van der Waals surface area (Å²) in [6.45, 7) is 0.416. The molecule has 0 spiro atoms. The van der Waals surface area contributed by atoms with Crippen LogP contribution in [0.1, 0.15) is 16.1 Å². The fourth-order valence-electron chi connectivity index (χ4n) is 2.73. The fourth-order valence-corrected chi connectivity index (χ4v) is 2.73. The number of hydrogen-bond acceptors (Lipinski definition) is 4. The molecule has 3 aromatic rings. The first kappa shape index (κ1) is 17.7. The Bertz CT molecular complexity index is 844. The molecule has 0 saturated carbocycles. The summed E-state index contributed by atoms with van der Waals surface area (Å²) in [5.74, 6) is -0.0499. The van der Waals surface area contributed by atoms with E-state index in [9.17, 15) is 9.90 Å². The lowest BCUT2D eigenvalue weighted by atomic mass is 10.1. The van der Waals surface area contributed by atoms with Crippen LogP contribution >= 0.6 is 0 Å². The van der Waals surface area contributed by atoms with Crippen LogP contribution in [-0.2, 0) is 11.2 Å². The number of ether oxygens (including phenoxy) is 1. The van der Waals surface area contributed by atoms with Gasteiger partial charge in [0.25, 0.3) is 5.91 Å². The Morgan fingerprint density at radius 2 is 1.92 bits per heavy atom. The maximum Gasteiger partial charge on any atom is 0.269 e. The summed E-state index contributed by atoms with van der Waals surface area (Å²) in [5, 5.41) is 19.3. The number of aromatic hydroxyl groups is 1. The van der Waals surface area contributed by atoms with Crippen molar-refractivity contribution in [1.29, 1.82) is 0 Å². The number of carbonyl (C=O) groups excluding carboxylic acids is 1. The molecule has 0 aliphatic carbocycles. The van der Waals surface area contributed by atoms with Crippen molar-refractivity contribution >= 4 is 5.91 Å². The van der Waals surface area contributed by atoms with Gasteiger partial charge in [-0.2, -0.15) is 5.10 Å². The Kier molecular flexibility index (Phi) is 5.66. The smallest absolute Gasteiger partial charge is 0.269 e. The average molecular weight is 351 g/mol. The number of carbonyl (C=O) groups is 1. The summed E-state index contributed by atoms with van der Waals surface area (Å²) < 4.78 is 5.23. The summed E-state index contributed by atoms with van der Waals surface area (Å²) in [4.78, 5) is 12.5. The molecule has 26 heavy (non-hydrogen) atoms. The number of methoxy groups -OCH3 is 1. The number of rotatable bonds is 7. The van der Waals surface area contributed by atoms with Crippen LogP contribution in [0.25, 0.3) is 11.3 Å². The highest BCUT2D eigenvalue weighted by Gasteiger charge is 2.17. The van der Waals surface area contributed by atoms with Gasteiger partial charge in [0.1, 0.15) is 11.4 Å². The van der Waals surface area contributed by atoms with Crippen LogP contribution in [0.3, 0.4) is 0 Å². The molecular weight excluding hydrogens is 330 g/mol. The van der Waals surface area contributed by atoms with Crippen molar-refractivity contribution in [3.8, 4) is 17.0 Å². The van der Waals surface area contributed by atoms with E-state index in [1.54, 1.807) is 37.4 Å². The Balaban J connectivity index is 1.68. The number of aromatic amines is 1. The van der Waals surface area contributed by atoms with Crippen LogP contribution in [0.4, 0.5) is 0 Å². The third kappa shape index (κ3) is 4.49. The summed E-state index contributed by atoms with van der Waals surface area (Å²) in [5.41, 5.74) is 2.96. The average Bonchev–Trinajstić information content (AvgIpc) is 3.14. The Morgan fingerprint density at radius 1 is 1.19 bits per heavy atom. The zero-order chi connectivity index (χ0) is 18.4. The molecule has 1 aromatic heterocycles. The SMILES string of the molecule is COC[C@H](Cc1ccccc1)NC(=O)c1cc(-c2ccc(O)cc2)n[nH]1. The van der Waals surface area contributed by atoms with Gasteiger partial charge in [0.05, 0.1) is 18.3 Å². The first-order valence-electron chi connectivity index (χ1n) is 8.34. The van der Waals surface area contributed by atoms with Gasteiger partial charge in [-0.3, -0.25) is 9.89 Å². The number of phenolic OH excluding ortho intramolecular Hbond substituents is 1. The second-order valence-electron chi connectivity index (χ2n) is 6.03. The molecule has 3 N–H and O–H groups in total. The maximum atomic E-state index is 12.5. The normalized spacial score (nSPS) is 11.9. The quantitative estimate of drug-likeness (QED) is 0.611. The molecule has 0 fully saturated rings. The Labute approximate surface area is 151 Å². The summed E-state index contributed by atoms with van der Waals surface area (Å²) >= 11 is 0. The molecule has 3 rings (SSSR count). The van der Waals surface area contributed by atoms with Crippen molar-refractivity contribution in [2.75, 3.05) is 13.7 Å². The number of amides is 1. The molecule has 0 bridgehead atoms. The molecule has 1 atom stereocenters. The molecule has 0 unspecified atom stereocenters. The minimum Gasteiger partial charge on any atom is -0.508 e. The third-order valence-corrected chi connectivity index (χ3v) is 4.01. The molecule has 6 heteroatoms. The Hall–Kier alpha value is -3.12. The molecule has 1 amide bonds. The highest BCUT2D eigenvalue weighted by Crippen LogP contribution is 2.20. The van der Waals surface area contributed by atoms with Gasteiger partial charge in [-0.05, 0) is 42.3 Å². The molecule has 0 aliphatic heterocycles. The molecule has 1 heterocycles. The number of H-pyrrole nitrogens is 1. The number of nitrogens with zero attached hydrogens (tertiary/aromatic N) is 1. The van der Waals surface area contributed by atoms with Crippen LogP contribution in [-0.4, -0.2) is 41.0 Å². The van der Waals surface area contributed by atoms with Gasteiger partial charge >= 0.3 is 0 Å². The number of phenols is 1. The first-order valence-corrected chi connectivity index (χ1v) is 8.34.